The molecule has 0 saturated heterocycles. The lowest BCUT2D eigenvalue weighted by atomic mass is 10.1. The summed E-state index contributed by atoms with van der Waals surface area (Å²) < 4.78 is 1.67. The lowest BCUT2D eigenvalue weighted by Gasteiger charge is -2.17. The number of hydrogen-bond acceptors (Lipinski definition) is 4. The molecular formula is C16H16N2O2S. The normalized spacial score (nSPS) is 14.3. The molecule has 3 rings (SSSR count). The van der Waals surface area contributed by atoms with Gasteiger partial charge in [0.25, 0.3) is 5.56 Å². The van der Waals surface area contributed by atoms with Crippen LogP contribution in [0.15, 0.2) is 46.4 Å². The average molecular weight is 300 g/mol. The van der Waals surface area contributed by atoms with Gasteiger partial charge in [-0.2, -0.15) is 4.98 Å². The molecule has 2 heterocycles. The maximum absolute atomic E-state index is 12.4. The Morgan fingerprint density at radius 1 is 1.33 bits per heavy atom. The lowest BCUT2D eigenvalue weighted by molar-refractivity contribution is 0.421. The summed E-state index contributed by atoms with van der Waals surface area (Å²) >= 11 is 1.52. The third-order valence-electron chi connectivity index (χ3n) is 3.39. The van der Waals surface area contributed by atoms with Crippen LogP contribution < -0.4 is 5.56 Å². The summed E-state index contributed by atoms with van der Waals surface area (Å²) in [4.78, 5) is 16.5. The fourth-order valence-corrected chi connectivity index (χ4v) is 3.25. The van der Waals surface area contributed by atoms with Gasteiger partial charge in [-0.15, -0.1) is 0 Å². The van der Waals surface area contributed by atoms with E-state index in [-0.39, 0.29) is 11.4 Å². The topological polar surface area (TPSA) is 55.1 Å². The first-order chi connectivity index (χ1) is 10.3. The van der Waals surface area contributed by atoms with Crippen LogP contribution in [0, 0.1) is 0 Å². The molecule has 1 aromatic carbocycles. The van der Waals surface area contributed by atoms with E-state index in [4.69, 9.17) is 0 Å². The van der Waals surface area contributed by atoms with E-state index in [2.05, 4.69) is 4.98 Å². The van der Waals surface area contributed by atoms with Gasteiger partial charge in [-0.25, -0.2) is 0 Å². The van der Waals surface area contributed by atoms with Crippen LogP contribution in [0.3, 0.4) is 0 Å². The average Bonchev–Trinajstić information content (AvgIpc) is 2.51. The second kappa shape index (κ2) is 6.18. The number of nitrogens with zero attached hydrogens (tertiary/aromatic N) is 2. The van der Waals surface area contributed by atoms with Gasteiger partial charge in [-0.1, -0.05) is 54.2 Å². The molecule has 0 aliphatic carbocycles. The van der Waals surface area contributed by atoms with Crippen molar-refractivity contribution in [1.82, 2.24) is 9.55 Å². The zero-order valence-electron chi connectivity index (χ0n) is 11.5. The van der Waals surface area contributed by atoms with E-state index < -0.39 is 0 Å². The Morgan fingerprint density at radius 2 is 2.14 bits per heavy atom. The molecule has 4 nitrogen and oxygen atoms in total. The summed E-state index contributed by atoms with van der Waals surface area (Å²) in [6, 6.07) is 9.87. The molecule has 0 spiro atoms. The molecule has 108 valence electrons. The van der Waals surface area contributed by atoms with Crippen molar-refractivity contribution in [3.63, 3.8) is 0 Å². The number of aromatic nitrogens is 2. The molecule has 2 aromatic rings. The van der Waals surface area contributed by atoms with Gasteiger partial charge < -0.3 is 5.11 Å². The van der Waals surface area contributed by atoms with Crippen LogP contribution >= 0.6 is 11.8 Å². The van der Waals surface area contributed by atoms with Crippen LogP contribution in [0.25, 0.3) is 6.08 Å². The Balaban J connectivity index is 1.86. The van der Waals surface area contributed by atoms with Gasteiger partial charge in [-0.05, 0) is 12.0 Å². The van der Waals surface area contributed by atoms with Crippen molar-refractivity contribution in [3.8, 4) is 5.88 Å². The quantitative estimate of drug-likeness (QED) is 0.886. The number of benzene rings is 1. The SMILES string of the molecule is O=c1c(C/C=C/c2ccccc2)c(O)nc2n1CCCS2. The highest BCUT2D eigenvalue weighted by molar-refractivity contribution is 7.99. The molecule has 1 aliphatic rings. The molecule has 0 atom stereocenters. The van der Waals surface area contributed by atoms with E-state index in [1.807, 2.05) is 42.5 Å². The van der Waals surface area contributed by atoms with Crippen molar-refractivity contribution in [1.29, 1.82) is 0 Å². The molecule has 0 fully saturated rings. The molecule has 0 unspecified atom stereocenters. The molecule has 1 aromatic heterocycles. The Hall–Kier alpha value is -2.01. The Bertz CT molecular complexity index is 723. The van der Waals surface area contributed by atoms with E-state index in [1.54, 1.807) is 4.57 Å². The molecule has 0 bridgehead atoms. The van der Waals surface area contributed by atoms with Crippen molar-refractivity contribution < 1.29 is 5.11 Å². The van der Waals surface area contributed by atoms with Crippen LogP contribution in [0.5, 0.6) is 5.88 Å². The van der Waals surface area contributed by atoms with Gasteiger partial charge >= 0.3 is 0 Å². The first-order valence-electron chi connectivity index (χ1n) is 6.93. The van der Waals surface area contributed by atoms with Gasteiger partial charge in [-0.3, -0.25) is 9.36 Å². The first-order valence-corrected chi connectivity index (χ1v) is 7.91. The van der Waals surface area contributed by atoms with Crippen LogP contribution in [0.1, 0.15) is 17.5 Å². The second-order valence-corrected chi connectivity index (χ2v) is 5.93. The van der Waals surface area contributed by atoms with Crippen molar-refractivity contribution in [3.05, 3.63) is 57.9 Å². The third kappa shape index (κ3) is 3.03. The highest BCUT2D eigenvalue weighted by Gasteiger charge is 2.18. The Labute approximate surface area is 127 Å². The minimum absolute atomic E-state index is 0.123. The predicted octanol–water partition coefficient (Wildman–Crippen LogP) is 2.70. The first kappa shape index (κ1) is 13.9. The predicted molar refractivity (Wildman–Crippen MR) is 84.7 cm³/mol. The van der Waals surface area contributed by atoms with Gasteiger partial charge in [0.15, 0.2) is 5.16 Å². The van der Waals surface area contributed by atoms with E-state index in [0.717, 1.165) is 17.7 Å². The number of fused-ring (bicyclic) bond motifs is 1. The van der Waals surface area contributed by atoms with Crippen molar-refractivity contribution in [2.24, 2.45) is 0 Å². The number of allylic oxidation sites excluding steroid dienone is 1. The monoisotopic (exact) mass is 300 g/mol. The third-order valence-corrected chi connectivity index (χ3v) is 4.46. The van der Waals surface area contributed by atoms with E-state index >= 15 is 0 Å². The standard InChI is InChI=1S/C16H16N2O2S/c19-14-13(9-4-8-12-6-2-1-3-7-12)15(20)18-10-5-11-21-16(18)17-14/h1-4,6-8,19H,5,9-11H2/b8-4+. The van der Waals surface area contributed by atoms with Crippen molar-refractivity contribution in [2.45, 2.75) is 24.5 Å². The van der Waals surface area contributed by atoms with Crippen molar-refractivity contribution >= 4 is 17.8 Å². The van der Waals surface area contributed by atoms with E-state index in [1.165, 1.54) is 11.8 Å². The summed E-state index contributed by atoms with van der Waals surface area (Å²) in [5.74, 6) is 0.803. The number of thioether (sulfide) groups is 1. The van der Waals surface area contributed by atoms with Crippen LogP contribution in [0.4, 0.5) is 0 Å². The van der Waals surface area contributed by atoms with Crippen LogP contribution in [-0.4, -0.2) is 20.4 Å². The fourth-order valence-electron chi connectivity index (χ4n) is 2.31. The van der Waals surface area contributed by atoms with Crippen LogP contribution in [0.2, 0.25) is 0 Å². The molecule has 0 amide bonds. The second-order valence-electron chi connectivity index (χ2n) is 4.87. The summed E-state index contributed by atoms with van der Waals surface area (Å²) in [7, 11) is 0. The highest BCUT2D eigenvalue weighted by Crippen LogP contribution is 2.24. The minimum Gasteiger partial charge on any atom is -0.493 e. The summed E-state index contributed by atoms with van der Waals surface area (Å²) in [6.07, 6.45) is 5.18. The maximum Gasteiger partial charge on any atom is 0.261 e. The van der Waals surface area contributed by atoms with E-state index in [9.17, 15) is 9.90 Å². The molecule has 21 heavy (non-hydrogen) atoms. The molecule has 0 radical (unpaired) electrons. The van der Waals surface area contributed by atoms with Crippen LogP contribution in [-0.2, 0) is 13.0 Å². The van der Waals surface area contributed by atoms with Gasteiger partial charge in [0.05, 0.1) is 5.56 Å². The smallest absolute Gasteiger partial charge is 0.261 e. The van der Waals surface area contributed by atoms with Gasteiger partial charge in [0, 0.05) is 18.7 Å². The molecule has 1 aliphatic heterocycles. The van der Waals surface area contributed by atoms with Gasteiger partial charge in [0.1, 0.15) is 0 Å². The summed E-state index contributed by atoms with van der Waals surface area (Å²) in [6.45, 7) is 0.684. The fraction of sp³-hybridized carbons (Fsp3) is 0.250. The number of aromatic hydroxyl groups is 1. The van der Waals surface area contributed by atoms with Gasteiger partial charge in [0.2, 0.25) is 5.88 Å². The molecular weight excluding hydrogens is 284 g/mol. The zero-order valence-corrected chi connectivity index (χ0v) is 12.3. The number of rotatable bonds is 3. The Morgan fingerprint density at radius 3 is 2.95 bits per heavy atom. The zero-order chi connectivity index (χ0) is 14.7. The summed E-state index contributed by atoms with van der Waals surface area (Å²) in [5.41, 5.74) is 1.31. The molecule has 1 N–H and O–H groups in total. The maximum atomic E-state index is 12.4. The highest BCUT2D eigenvalue weighted by atomic mass is 32.2. The summed E-state index contributed by atoms with van der Waals surface area (Å²) in [5, 5.41) is 10.6. The van der Waals surface area contributed by atoms with E-state index in [0.29, 0.717) is 23.7 Å². The lowest BCUT2D eigenvalue weighted by Crippen LogP contribution is -2.28. The molecule has 0 saturated carbocycles. The van der Waals surface area contributed by atoms with Crippen molar-refractivity contribution in [2.75, 3.05) is 5.75 Å². The molecule has 5 heteroatoms. The largest absolute Gasteiger partial charge is 0.493 e. The number of hydrogen-bond donors (Lipinski definition) is 1. The minimum atomic E-state index is -0.140. The Kier molecular flexibility index (Phi) is 4.10.